The van der Waals surface area contributed by atoms with Crippen molar-refractivity contribution in [3.8, 4) is 33.4 Å². The predicted molar refractivity (Wildman–Crippen MR) is 220 cm³/mol. The highest BCUT2D eigenvalue weighted by atomic mass is 16.3. The lowest BCUT2D eigenvalue weighted by Gasteiger charge is -2.29. The average molecular weight is 674 g/mol. The van der Waals surface area contributed by atoms with Gasteiger partial charge in [0, 0.05) is 27.2 Å². The third-order valence-corrected chi connectivity index (χ3v) is 9.66. The van der Waals surface area contributed by atoms with Crippen LogP contribution in [0.5, 0.6) is 0 Å². The third-order valence-electron chi connectivity index (χ3n) is 9.66. The topological polar surface area (TPSA) is 16.4 Å². The minimum Gasteiger partial charge on any atom is -0.456 e. The monoisotopic (exact) mass is 673 g/mol. The van der Waals surface area contributed by atoms with E-state index in [-0.39, 0.29) is 35.3 Å². The van der Waals surface area contributed by atoms with E-state index < -0.39 is 36.3 Å². The third kappa shape index (κ3) is 5.04. The summed E-state index contributed by atoms with van der Waals surface area (Å²) in [5.41, 5.74) is 7.03. The summed E-state index contributed by atoms with van der Waals surface area (Å²) in [6, 6.07) is 41.0. The highest BCUT2D eigenvalue weighted by Crippen LogP contribution is 2.46. The van der Waals surface area contributed by atoms with Crippen LogP contribution < -0.4 is 4.90 Å². The first-order chi connectivity index (χ1) is 29.9. The van der Waals surface area contributed by atoms with Crippen LogP contribution in [0.25, 0.3) is 76.9 Å². The Hall–Kier alpha value is -6.90. The Kier molecular flexibility index (Phi) is 5.11. The quantitative estimate of drug-likeness (QED) is 0.175. The van der Waals surface area contributed by atoms with Crippen LogP contribution in [0.2, 0.25) is 0 Å². The first kappa shape index (κ1) is 21.3. The van der Waals surface area contributed by atoms with Gasteiger partial charge in [0.1, 0.15) is 11.2 Å². The van der Waals surface area contributed by atoms with Gasteiger partial charge in [-0.2, -0.15) is 0 Å². The normalized spacial score (nSPS) is 14.2. The second kappa shape index (κ2) is 12.5. The molecule has 0 aliphatic rings. The maximum absolute atomic E-state index is 8.82. The molecule has 9 aromatic carbocycles. The molecule has 0 radical (unpaired) electrons. The van der Waals surface area contributed by atoms with Crippen molar-refractivity contribution in [1.82, 2.24) is 0 Å². The van der Waals surface area contributed by atoms with E-state index in [2.05, 4.69) is 23.1 Å². The van der Waals surface area contributed by atoms with Crippen molar-refractivity contribution < 1.29 is 18.1 Å². The Labute approximate surface area is 316 Å². The van der Waals surface area contributed by atoms with E-state index in [1.54, 1.807) is 12.1 Å². The highest BCUT2D eigenvalue weighted by molar-refractivity contribution is 6.11. The van der Waals surface area contributed by atoms with Crippen LogP contribution in [0.1, 0.15) is 13.7 Å². The maximum atomic E-state index is 8.82. The van der Waals surface area contributed by atoms with Crippen molar-refractivity contribution in [3.63, 3.8) is 0 Å². The Morgan fingerprint density at radius 3 is 1.42 bits per heavy atom. The van der Waals surface area contributed by atoms with Crippen molar-refractivity contribution in [2.75, 3.05) is 4.90 Å². The van der Waals surface area contributed by atoms with E-state index in [9.17, 15) is 0 Å². The summed E-state index contributed by atoms with van der Waals surface area (Å²) >= 11 is 0. The molecular weight excluding hydrogens is 631 g/mol. The van der Waals surface area contributed by atoms with Gasteiger partial charge in [-0.15, -0.1) is 0 Å². The van der Waals surface area contributed by atoms with E-state index in [1.165, 1.54) is 0 Å². The zero-order valence-electron chi connectivity index (χ0n) is 37.6. The fourth-order valence-electron chi connectivity index (χ4n) is 7.28. The van der Waals surface area contributed by atoms with E-state index in [0.29, 0.717) is 21.9 Å². The summed E-state index contributed by atoms with van der Waals surface area (Å²) in [6.45, 7) is 0. The zero-order valence-corrected chi connectivity index (χ0v) is 27.6. The first-order valence-corrected chi connectivity index (χ1v) is 16.9. The minimum absolute atomic E-state index is 0.102. The van der Waals surface area contributed by atoms with Crippen LogP contribution in [-0.2, 0) is 0 Å². The summed E-state index contributed by atoms with van der Waals surface area (Å²) < 4.78 is 91.5. The molecule has 0 saturated carbocycles. The molecule has 0 aliphatic carbocycles. The Bertz CT molecular complexity index is 3280. The molecule has 2 nitrogen and oxygen atoms in total. The van der Waals surface area contributed by atoms with Crippen molar-refractivity contribution in [2.45, 2.75) is 0 Å². The number of para-hydroxylation sites is 1. The van der Waals surface area contributed by atoms with Crippen LogP contribution >= 0.6 is 0 Å². The van der Waals surface area contributed by atoms with Gasteiger partial charge in [0.05, 0.1) is 25.1 Å². The standard InChI is InChI=1S/C50H33NO/c1-3-13-35(14-4-1)39-28-30-47(43-19-9-7-17-41(39)43)51(48-31-29-40(36-15-5-2-6-16-36)42-18-8-10-20-44(42)48)38-26-23-34(24-27-38)37-25-32-50-46(33-37)45-21-11-12-22-49(45)52-50/h1-33H/i1D,2D,3D,4D,5D,6D,13D,14D,15D,16D. The number of hydrogen-bond acceptors (Lipinski definition) is 2. The average Bonchev–Trinajstić information content (AvgIpc) is 3.68. The van der Waals surface area contributed by atoms with Crippen LogP contribution in [0.15, 0.2) is 204 Å². The molecule has 10 aromatic rings. The molecule has 0 amide bonds. The molecule has 0 saturated heterocycles. The number of rotatable bonds is 6. The summed E-state index contributed by atoms with van der Waals surface area (Å²) in [7, 11) is 0. The summed E-state index contributed by atoms with van der Waals surface area (Å²) in [6.07, 6.45) is 0. The number of hydrogen-bond donors (Lipinski definition) is 0. The molecule has 1 heterocycles. The molecule has 0 N–H and O–H groups in total. The molecule has 2 heteroatoms. The van der Waals surface area contributed by atoms with E-state index in [1.807, 2.05) is 109 Å². The molecule has 0 spiro atoms. The van der Waals surface area contributed by atoms with Gasteiger partial charge in [-0.3, -0.25) is 0 Å². The first-order valence-electron chi connectivity index (χ1n) is 21.9. The van der Waals surface area contributed by atoms with Gasteiger partial charge in [-0.1, -0.05) is 157 Å². The molecular formula is C50H33NO. The molecule has 0 bridgehead atoms. The molecule has 52 heavy (non-hydrogen) atoms. The molecule has 0 atom stereocenters. The van der Waals surface area contributed by atoms with Gasteiger partial charge in [-0.25, -0.2) is 0 Å². The number of fused-ring (bicyclic) bond motifs is 5. The van der Waals surface area contributed by atoms with Gasteiger partial charge in [0.15, 0.2) is 0 Å². The number of anilines is 3. The van der Waals surface area contributed by atoms with E-state index in [0.717, 1.165) is 60.9 Å². The van der Waals surface area contributed by atoms with Crippen molar-refractivity contribution >= 4 is 60.5 Å². The maximum Gasteiger partial charge on any atom is 0.135 e. The Balaban J connectivity index is 1.21. The lowest BCUT2D eigenvalue weighted by atomic mass is 9.94. The lowest BCUT2D eigenvalue weighted by molar-refractivity contribution is 0.669. The molecule has 0 fully saturated rings. The number of nitrogens with zero attached hydrogens (tertiary/aromatic N) is 1. The predicted octanol–water partition coefficient (Wildman–Crippen LogP) is 14.4. The zero-order chi connectivity index (χ0) is 43.1. The van der Waals surface area contributed by atoms with Crippen LogP contribution in [0.3, 0.4) is 0 Å². The highest BCUT2D eigenvalue weighted by Gasteiger charge is 2.21. The largest absolute Gasteiger partial charge is 0.456 e. The van der Waals surface area contributed by atoms with Gasteiger partial charge in [0.2, 0.25) is 0 Å². The number of furan rings is 1. The second-order valence-electron chi connectivity index (χ2n) is 12.5. The van der Waals surface area contributed by atoms with Crippen LogP contribution in [0, 0.1) is 0 Å². The van der Waals surface area contributed by atoms with Crippen LogP contribution in [0.4, 0.5) is 17.1 Å². The SMILES string of the molecule is [2H]c1c([2H])c([2H])c(-c2ccc(N(c3ccc(-c4ccc5oc6ccccc6c5c4)cc3)c3ccc(-c4c([2H])c([2H])c([2H])c([2H])c4[2H])c4ccccc34)c3ccccc23)c([2H])c1[2H]. The summed E-state index contributed by atoms with van der Waals surface area (Å²) in [5.74, 6) is 0. The summed E-state index contributed by atoms with van der Waals surface area (Å²) in [5, 5.41) is 4.88. The van der Waals surface area contributed by atoms with Crippen molar-refractivity contribution in [3.05, 3.63) is 200 Å². The van der Waals surface area contributed by atoms with Gasteiger partial charge in [0.25, 0.3) is 0 Å². The fraction of sp³-hybridized carbons (Fsp3) is 0. The van der Waals surface area contributed by atoms with Crippen molar-refractivity contribution in [2.24, 2.45) is 0 Å². The fourth-order valence-corrected chi connectivity index (χ4v) is 7.28. The minimum atomic E-state index is -0.462. The molecule has 10 rings (SSSR count). The van der Waals surface area contributed by atoms with Gasteiger partial charge < -0.3 is 9.32 Å². The van der Waals surface area contributed by atoms with E-state index >= 15 is 0 Å². The van der Waals surface area contributed by atoms with Crippen LogP contribution in [-0.4, -0.2) is 0 Å². The van der Waals surface area contributed by atoms with Gasteiger partial charge >= 0.3 is 0 Å². The summed E-state index contributed by atoms with van der Waals surface area (Å²) in [4.78, 5) is 2.10. The van der Waals surface area contributed by atoms with E-state index in [4.69, 9.17) is 18.1 Å². The van der Waals surface area contributed by atoms with Crippen molar-refractivity contribution in [1.29, 1.82) is 0 Å². The molecule has 0 aliphatic heterocycles. The Morgan fingerprint density at radius 2 is 0.846 bits per heavy atom. The molecule has 244 valence electrons. The van der Waals surface area contributed by atoms with Gasteiger partial charge in [-0.05, 0) is 86.6 Å². The lowest BCUT2D eigenvalue weighted by Crippen LogP contribution is -2.11. The number of benzene rings is 9. The smallest absolute Gasteiger partial charge is 0.135 e. The second-order valence-corrected chi connectivity index (χ2v) is 12.5. The molecule has 0 unspecified atom stereocenters. The molecule has 1 aromatic heterocycles. The Morgan fingerprint density at radius 1 is 0.365 bits per heavy atom.